The maximum atomic E-state index is 11.6. The minimum atomic E-state index is -0.0573. The quantitative estimate of drug-likeness (QED) is 0.779. The van der Waals surface area contributed by atoms with Gasteiger partial charge in [0.2, 0.25) is 5.91 Å². The van der Waals surface area contributed by atoms with Crippen molar-refractivity contribution in [3.05, 3.63) is 23.9 Å². The number of aromatic nitrogens is 1. The van der Waals surface area contributed by atoms with E-state index in [1.54, 1.807) is 12.3 Å². The molecule has 0 spiro atoms. The number of carbonyl (C=O) groups is 1. The number of hydrogen-bond acceptors (Lipinski definition) is 3. The number of carbonyl (C=O) groups excluding carboxylic acids is 1. The molecule has 0 saturated heterocycles. The van der Waals surface area contributed by atoms with Gasteiger partial charge in [0.15, 0.2) is 0 Å². The summed E-state index contributed by atoms with van der Waals surface area (Å²) in [6.07, 6.45) is 1.73. The second-order valence-electron chi connectivity index (χ2n) is 3.67. The molecular formula is C11H17N3O. The molecule has 1 unspecified atom stereocenters. The van der Waals surface area contributed by atoms with Crippen LogP contribution in [0.3, 0.4) is 0 Å². The fourth-order valence-electron chi connectivity index (χ4n) is 1.19. The predicted octanol–water partition coefficient (Wildman–Crippen LogP) is 1.18. The van der Waals surface area contributed by atoms with E-state index in [0.29, 0.717) is 12.4 Å². The van der Waals surface area contributed by atoms with Gasteiger partial charge in [-0.05, 0) is 25.6 Å². The van der Waals surface area contributed by atoms with Crippen molar-refractivity contribution < 1.29 is 4.79 Å². The van der Waals surface area contributed by atoms with Crippen molar-refractivity contribution in [3.63, 3.8) is 0 Å². The highest BCUT2D eigenvalue weighted by atomic mass is 16.1. The summed E-state index contributed by atoms with van der Waals surface area (Å²) in [4.78, 5) is 15.7. The van der Waals surface area contributed by atoms with Crippen LogP contribution in [0.4, 0.5) is 5.82 Å². The number of nitrogens with one attached hydrogen (secondary N) is 2. The smallest absolute Gasteiger partial charge is 0.229 e. The van der Waals surface area contributed by atoms with Crippen LogP contribution in [0.1, 0.15) is 12.5 Å². The molecule has 0 bridgehead atoms. The fraction of sp³-hybridized carbons (Fsp3) is 0.455. The molecule has 1 heterocycles. The first-order valence-corrected chi connectivity index (χ1v) is 5.01. The maximum absolute atomic E-state index is 11.6. The lowest BCUT2D eigenvalue weighted by Crippen LogP contribution is -2.28. The fourth-order valence-corrected chi connectivity index (χ4v) is 1.19. The highest BCUT2D eigenvalue weighted by molar-refractivity contribution is 5.91. The van der Waals surface area contributed by atoms with Crippen LogP contribution in [0.2, 0.25) is 0 Å². The van der Waals surface area contributed by atoms with Crippen molar-refractivity contribution in [1.82, 2.24) is 10.3 Å². The van der Waals surface area contributed by atoms with Crippen molar-refractivity contribution in [2.75, 3.05) is 18.9 Å². The Labute approximate surface area is 90.1 Å². The molecule has 0 aliphatic heterocycles. The summed E-state index contributed by atoms with van der Waals surface area (Å²) in [5.41, 5.74) is 1.08. The third kappa shape index (κ3) is 3.67. The van der Waals surface area contributed by atoms with Gasteiger partial charge in [-0.1, -0.05) is 13.0 Å². The van der Waals surface area contributed by atoms with E-state index >= 15 is 0 Å². The lowest BCUT2D eigenvalue weighted by molar-refractivity contribution is -0.119. The van der Waals surface area contributed by atoms with E-state index in [-0.39, 0.29) is 11.8 Å². The summed E-state index contributed by atoms with van der Waals surface area (Å²) in [6, 6.07) is 3.73. The molecule has 1 aromatic rings. The van der Waals surface area contributed by atoms with Gasteiger partial charge in [0, 0.05) is 18.7 Å². The van der Waals surface area contributed by atoms with Crippen LogP contribution in [0.15, 0.2) is 18.3 Å². The van der Waals surface area contributed by atoms with Crippen LogP contribution in [-0.4, -0.2) is 24.5 Å². The highest BCUT2D eigenvalue weighted by Crippen LogP contribution is 2.05. The number of amides is 1. The van der Waals surface area contributed by atoms with Gasteiger partial charge in [0.1, 0.15) is 5.82 Å². The molecule has 82 valence electrons. The first-order valence-electron chi connectivity index (χ1n) is 5.01. The Kier molecular flexibility index (Phi) is 4.24. The number of nitrogens with zero attached hydrogens (tertiary/aromatic N) is 1. The van der Waals surface area contributed by atoms with Gasteiger partial charge in [-0.25, -0.2) is 4.98 Å². The maximum Gasteiger partial charge on any atom is 0.229 e. The molecule has 1 atom stereocenters. The Balaban J connectivity index is 2.54. The molecule has 0 aliphatic rings. The van der Waals surface area contributed by atoms with Gasteiger partial charge >= 0.3 is 0 Å². The van der Waals surface area contributed by atoms with Crippen molar-refractivity contribution in [2.24, 2.45) is 5.92 Å². The average Bonchev–Trinajstić information content (AvgIpc) is 2.22. The van der Waals surface area contributed by atoms with Crippen LogP contribution in [0.25, 0.3) is 0 Å². The average molecular weight is 207 g/mol. The molecule has 2 N–H and O–H groups in total. The standard InChI is InChI=1S/C11H17N3O/c1-8-4-5-10(13-6-8)14-11(15)9(2)7-12-3/h4-6,9,12H,7H2,1-3H3,(H,13,14,15). The molecule has 0 aliphatic carbocycles. The van der Waals surface area contributed by atoms with Crippen molar-refractivity contribution >= 4 is 11.7 Å². The number of anilines is 1. The summed E-state index contributed by atoms with van der Waals surface area (Å²) in [7, 11) is 1.83. The lowest BCUT2D eigenvalue weighted by atomic mass is 10.1. The molecule has 0 fully saturated rings. The number of hydrogen-bond donors (Lipinski definition) is 2. The molecule has 1 rings (SSSR count). The monoisotopic (exact) mass is 207 g/mol. The molecule has 1 aromatic heterocycles. The molecule has 15 heavy (non-hydrogen) atoms. The van der Waals surface area contributed by atoms with Crippen molar-refractivity contribution in [2.45, 2.75) is 13.8 Å². The van der Waals surface area contributed by atoms with Gasteiger partial charge in [0.25, 0.3) is 0 Å². The minimum Gasteiger partial charge on any atom is -0.319 e. The first-order chi connectivity index (χ1) is 7.13. The lowest BCUT2D eigenvalue weighted by Gasteiger charge is -2.10. The summed E-state index contributed by atoms with van der Waals surface area (Å²) >= 11 is 0. The van der Waals surface area contributed by atoms with E-state index in [0.717, 1.165) is 5.56 Å². The van der Waals surface area contributed by atoms with Crippen LogP contribution in [0, 0.1) is 12.8 Å². The Morgan fingerprint density at radius 2 is 2.27 bits per heavy atom. The van der Waals surface area contributed by atoms with Crippen molar-refractivity contribution in [1.29, 1.82) is 0 Å². The topological polar surface area (TPSA) is 54.0 Å². The zero-order valence-corrected chi connectivity index (χ0v) is 9.37. The predicted molar refractivity (Wildman–Crippen MR) is 60.7 cm³/mol. The van der Waals surface area contributed by atoms with Crippen LogP contribution < -0.4 is 10.6 Å². The van der Waals surface area contributed by atoms with Crippen molar-refractivity contribution in [3.8, 4) is 0 Å². The molecule has 1 amide bonds. The molecule has 4 heteroatoms. The van der Waals surface area contributed by atoms with E-state index in [1.807, 2.05) is 27.0 Å². The molecule has 0 radical (unpaired) electrons. The van der Waals surface area contributed by atoms with Crippen LogP contribution in [0.5, 0.6) is 0 Å². The van der Waals surface area contributed by atoms with E-state index in [2.05, 4.69) is 15.6 Å². The van der Waals surface area contributed by atoms with E-state index in [4.69, 9.17) is 0 Å². The van der Waals surface area contributed by atoms with Gasteiger partial charge in [-0.15, -0.1) is 0 Å². The third-order valence-corrected chi connectivity index (χ3v) is 2.12. The molecular weight excluding hydrogens is 190 g/mol. The Morgan fingerprint density at radius 1 is 1.53 bits per heavy atom. The zero-order valence-electron chi connectivity index (χ0n) is 9.37. The SMILES string of the molecule is CNCC(C)C(=O)Nc1ccc(C)cn1. The summed E-state index contributed by atoms with van der Waals surface area (Å²) in [6.45, 7) is 4.50. The van der Waals surface area contributed by atoms with Gasteiger partial charge in [-0.2, -0.15) is 0 Å². The summed E-state index contributed by atoms with van der Waals surface area (Å²) in [5, 5.41) is 5.73. The van der Waals surface area contributed by atoms with Crippen LogP contribution >= 0.6 is 0 Å². The largest absolute Gasteiger partial charge is 0.319 e. The van der Waals surface area contributed by atoms with Gasteiger partial charge in [0.05, 0.1) is 0 Å². The molecule has 4 nitrogen and oxygen atoms in total. The van der Waals surface area contributed by atoms with E-state index in [1.165, 1.54) is 0 Å². The number of aryl methyl sites for hydroxylation is 1. The van der Waals surface area contributed by atoms with Gasteiger partial charge < -0.3 is 10.6 Å². The second-order valence-corrected chi connectivity index (χ2v) is 3.67. The number of rotatable bonds is 4. The van der Waals surface area contributed by atoms with Crippen LogP contribution in [-0.2, 0) is 4.79 Å². The highest BCUT2D eigenvalue weighted by Gasteiger charge is 2.11. The van der Waals surface area contributed by atoms with E-state index in [9.17, 15) is 4.79 Å². The first kappa shape index (κ1) is 11.7. The summed E-state index contributed by atoms with van der Waals surface area (Å²) in [5.74, 6) is 0.535. The summed E-state index contributed by atoms with van der Waals surface area (Å²) < 4.78 is 0. The molecule has 0 aromatic carbocycles. The zero-order chi connectivity index (χ0) is 11.3. The normalized spacial score (nSPS) is 12.2. The molecule has 0 saturated carbocycles. The third-order valence-electron chi connectivity index (χ3n) is 2.12. The van der Waals surface area contributed by atoms with Gasteiger partial charge in [-0.3, -0.25) is 4.79 Å². The van der Waals surface area contributed by atoms with E-state index < -0.39 is 0 Å². The Bertz CT molecular complexity index is 321. The Hall–Kier alpha value is -1.42. The Morgan fingerprint density at radius 3 is 2.80 bits per heavy atom. The second kappa shape index (κ2) is 5.46. The minimum absolute atomic E-state index is 0.0132. The number of pyridine rings is 1.